The molecule has 0 radical (unpaired) electrons. The number of anilines is 1. The van der Waals surface area contributed by atoms with Crippen molar-refractivity contribution in [2.75, 3.05) is 17.2 Å². The van der Waals surface area contributed by atoms with Crippen molar-refractivity contribution in [1.29, 1.82) is 0 Å². The molecule has 0 unspecified atom stereocenters. The number of fused-ring (bicyclic) bond motifs is 1. The number of hydrogen-bond acceptors (Lipinski definition) is 6. The Morgan fingerprint density at radius 2 is 1.94 bits per heavy atom. The molecule has 4 aromatic rings. The van der Waals surface area contributed by atoms with Crippen LogP contribution in [0.5, 0.6) is 0 Å². The fourth-order valence-corrected chi connectivity index (χ4v) is 5.64. The molecule has 0 fully saturated rings. The summed E-state index contributed by atoms with van der Waals surface area (Å²) in [4.78, 5) is 32.5. The molecule has 4 rings (SSSR count). The quantitative estimate of drug-likeness (QED) is 0.221. The van der Waals surface area contributed by atoms with E-state index < -0.39 is 0 Å². The van der Waals surface area contributed by atoms with Gasteiger partial charge in [-0.25, -0.2) is 4.98 Å². The van der Waals surface area contributed by atoms with E-state index in [1.807, 2.05) is 73.0 Å². The summed E-state index contributed by atoms with van der Waals surface area (Å²) in [6.45, 7) is 4.51. The highest BCUT2D eigenvalue weighted by Crippen LogP contribution is 2.26. The predicted octanol–water partition coefficient (Wildman–Crippen LogP) is 4.97. The highest BCUT2D eigenvalue weighted by molar-refractivity contribution is 7.99. The van der Waals surface area contributed by atoms with Crippen LogP contribution in [-0.2, 0) is 11.8 Å². The van der Waals surface area contributed by atoms with Crippen LogP contribution in [0.15, 0.2) is 64.5 Å². The molecule has 32 heavy (non-hydrogen) atoms. The van der Waals surface area contributed by atoms with Crippen LogP contribution in [0.3, 0.4) is 0 Å². The van der Waals surface area contributed by atoms with Crippen LogP contribution in [0.2, 0.25) is 0 Å². The second kappa shape index (κ2) is 9.40. The molecule has 0 spiro atoms. The van der Waals surface area contributed by atoms with Gasteiger partial charge in [-0.2, -0.15) is 0 Å². The molecular formula is C23H22N4O2S3. The van der Waals surface area contributed by atoms with Gasteiger partial charge in [0.15, 0.2) is 14.8 Å². The topological polar surface area (TPSA) is 60.1 Å². The lowest BCUT2D eigenvalue weighted by atomic mass is 10.2. The van der Waals surface area contributed by atoms with Gasteiger partial charge in [-0.1, -0.05) is 53.4 Å². The summed E-state index contributed by atoms with van der Waals surface area (Å²) in [5.74, 6) is 0.131. The van der Waals surface area contributed by atoms with Gasteiger partial charge in [0.2, 0.25) is 5.91 Å². The zero-order valence-corrected chi connectivity index (χ0v) is 20.4. The van der Waals surface area contributed by atoms with E-state index >= 15 is 0 Å². The van der Waals surface area contributed by atoms with Crippen LogP contribution < -0.4 is 10.5 Å². The minimum absolute atomic E-state index is 0.0392. The molecule has 0 N–H and O–H groups in total. The highest BCUT2D eigenvalue weighted by atomic mass is 32.2. The molecule has 0 aliphatic carbocycles. The zero-order valence-electron chi connectivity index (χ0n) is 17.9. The molecule has 2 heterocycles. The molecule has 1 amide bonds. The maximum atomic E-state index is 13.0. The number of carbonyl (C=O) groups is 1. The minimum Gasteiger partial charge on any atom is -0.312 e. The lowest BCUT2D eigenvalue weighted by molar-refractivity contribution is -0.116. The van der Waals surface area contributed by atoms with Gasteiger partial charge < -0.3 is 4.90 Å². The van der Waals surface area contributed by atoms with E-state index in [-0.39, 0.29) is 17.2 Å². The first kappa shape index (κ1) is 22.4. The van der Waals surface area contributed by atoms with Crippen molar-refractivity contribution in [3.8, 4) is 5.69 Å². The summed E-state index contributed by atoms with van der Waals surface area (Å²) in [6, 6.07) is 17.5. The Kier molecular flexibility index (Phi) is 6.59. The third-order valence-electron chi connectivity index (χ3n) is 5.04. The van der Waals surface area contributed by atoms with Crippen molar-refractivity contribution in [3.05, 3.63) is 74.5 Å². The highest BCUT2D eigenvalue weighted by Gasteiger charge is 2.19. The Balaban J connectivity index is 1.67. The lowest BCUT2D eigenvalue weighted by Crippen LogP contribution is -2.32. The average molecular weight is 483 g/mol. The summed E-state index contributed by atoms with van der Waals surface area (Å²) in [5, 5.41) is 0.480. The van der Waals surface area contributed by atoms with E-state index in [9.17, 15) is 9.59 Å². The SMILES string of the molecule is CCN(C(=O)CSc1nc2c(sc(=S)n2-c2ccccc2)c(=O)n1C)c1cccc(C)c1. The van der Waals surface area contributed by atoms with Crippen molar-refractivity contribution in [1.82, 2.24) is 14.1 Å². The van der Waals surface area contributed by atoms with E-state index in [0.717, 1.165) is 16.9 Å². The second-order valence-corrected chi connectivity index (χ2v) is 9.80. The smallest absolute Gasteiger partial charge is 0.273 e. The number of aryl methyl sites for hydroxylation is 1. The fraction of sp³-hybridized carbons (Fsp3) is 0.217. The van der Waals surface area contributed by atoms with Gasteiger partial charge in [0.25, 0.3) is 5.56 Å². The van der Waals surface area contributed by atoms with Gasteiger partial charge in [-0.15, -0.1) is 0 Å². The van der Waals surface area contributed by atoms with Crippen LogP contribution in [0.4, 0.5) is 5.69 Å². The Labute approximate surface area is 199 Å². The molecule has 6 nitrogen and oxygen atoms in total. The molecule has 0 atom stereocenters. The monoisotopic (exact) mass is 482 g/mol. The molecular weight excluding hydrogens is 460 g/mol. The fourth-order valence-electron chi connectivity index (χ4n) is 3.45. The first-order chi connectivity index (χ1) is 15.4. The second-order valence-electron chi connectivity index (χ2n) is 7.22. The third kappa shape index (κ3) is 4.28. The van der Waals surface area contributed by atoms with E-state index in [1.165, 1.54) is 27.7 Å². The number of amides is 1. The van der Waals surface area contributed by atoms with Gasteiger partial charge in [-0.3, -0.25) is 18.7 Å². The number of hydrogen-bond donors (Lipinski definition) is 0. The van der Waals surface area contributed by atoms with Gasteiger partial charge in [0, 0.05) is 25.0 Å². The van der Waals surface area contributed by atoms with Gasteiger partial charge in [0.05, 0.1) is 5.75 Å². The average Bonchev–Trinajstić information content (AvgIpc) is 3.12. The van der Waals surface area contributed by atoms with Crippen LogP contribution in [0.25, 0.3) is 16.0 Å². The van der Waals surface area contributed by atoms with Crippen molar-refractivity contribution in [2.45, 2.75) is 19.0 Å². The first-order valence-electron chi connectivity index (χ1n) is 10.1. The van der Waals surface area contributed by atoms with Crippen molar-refractivity contribution >= 4 is 57.3 Å². The number of rotatable bonds is 6. The molecule has 0 aliphatic rings. The van der Waals surface area contributed by atoms with E-state index in [0.29, 0.717) is 26.0 Å². The molecule has 0 saturated heterocycles. The summed E-state index contributed by atoms with van der Waals surface area (Å²) in [6.07, 6.45) is 0. The van der Waals surface area contributed by atoms with Gasteiger partial charge in [-0.05, 0) is 55.9 Å². The van der Waals surface area contributed by atoms with Crippen molar-refractivity contribution in [2.24, 2.45) is 7.05 Å². The molecule has 2 aromatic carbocycles. The maximum Gasteiger partial charge on any atom is 0.273 e. The summed E-state index contributed by atoms with van der Waals surface area (Å²) >= 11 is 8.04. The Morgan fingerprint density at radius 1 is 1.19 bits per heavy atom. The predicted molar refractivity (Wildman–Crippen MR) is 135 cm³/mol. The summed E-state index contributed by atoms with van der Waals surface area (Å²) < 4.78 is 4.37. The number of benzene rings is 2. The first-order valence-corrected chi connectivity index (χ1v) is 12.3. The van der Waals surface area contributed by atoms with E-state index in [1.54, 1.807) is 11.9 Å². The number of thioether (sulfide) groups is 1. The van der Waals surface area contributed by atoms with Crippen LogP contribution in [-0.4, -0.2) is 32.3 Å². The minimum atomic E-state index is -0.165. The largest absolute Gasteiger partial charge is 0.312 e. The number of para-hydroxylation sites is 1. The summed E-state index contributed by atoms with van der Waals surface area (Å²) in [7, 11) is 1.68. The van der Waals surface area contributed by atoms with Crippen molar-refractivity contribution in [3.63, 3.8) is 0 Å². The van der Waals surface area contributed by atoms with Crippen molar-refractivity contribution < 1.29 is 4.79 Å². The number of aromatic nitrogens is 3. The van der Waals surface area contributed by atoms with Crippen LogP contribution >= 0.6 is 35.3 Å². The number of thiazole rings is 1. The molecule has 0 bridgehead atoms. The number of carbonyl (C=O) groups excluding carboxylic acids is 1. The molecule has 2 aromatic heterocycles. The molecule has 164 valence electrons. The Hall–Kier alpha value is -2.75. The van der Waals surface area contributed by atoms with Gasteiger partial charge in [0.1, 0.15) is 4.70 Å². The molecule has 0 aliphatic heterocycles. The lowest BCUT2D eigenvalue weighted by Gasteiger charge is -2.21. The number of nitrogens with zero attached hydrogens (tertiary/aromatic N) is 4. The van der Waals surface area contributed by atoms with Crippen LogP contribution in [0, 0.1) is 10.9 Å². The molecule has 9 heteroatoms. The van der Waals surface area contributed by atoms with E-state index in [4.69, 9.17) is 17.2 Å². The Bertz CT molecular complexity index is 1410. The van der Waals surface area contributed by atoms with Crippen LogP contribution in [0.1, 0.15) is 12.5 Å². The maximum absolute atomic E-state index is 13.0. The Morgan fingerprint density at radius 3 is 2.62 bits per heavy atom. The van der Waals surface area contributed by atoms with E-state index in [2.05, 4.69) is 0 Å². The van der Waals surface area contributed by atoms with Gasteiger partial charge >= 0.3 is 0 Å². The molecule has 0 saturated carbocycles. The normalized spacial score (nSPS) is 11.1. The third-order valence-corrected chi connectivity index (χ3v) is 7.41. The zero-order chi connectivity index (χ0) is 22.8. The summed E-state index contributed by atoms with van der Waals surface area (Å²) in [5.41, 5.74) is 3.18. The standard InChI is InChI=1S/C23H22N4O2S3/c1-4-26(17-12-8-9-15(2)13-17)18(28)14-31-22-24-20-19(21(29)25(22)3)32-23(30)27(20)16-10-6-5-7-11-16/h5-13H,4,14H2,1-3H3.